The molecule has 0 radical (unpaired) electrons. The Hall–Kier alpha value is -2.50. The van der Waals surface area contributed by atoms with E-state index in [1.165, 1.54) is 5.69 Å². The third-order valence-corrected chi connectivity index (χ3v) is 4.37. The van der Waals surface area contributed by atoms with Gasteiger partial charge in [0, 0.05) is 38.4 Å². The zero-order valence-electron chi connectivity index (χ0n) is 14.2. The number of carbonyl (C=O) groups excluding carboxylic acids is 1. The van der Waals surface area contributed by atoms with Crippen LogP contribution in [-0.4, -0.2) is 42.8 Å². The van der Waals surface area contributed by atoms with Gasteiger partial charge in [-0.3, -0.25) is 0 Å². The number of rotatable bonds is 5. The second-order valence-electron chi connectivity index (χ2n) is 6.41. The first-order valence-electron chi connectivity index (χ1n) is 8.33. The number of hydrogen-bond acceptors (Lipinski definition) is 4. The lowest BCUT2D eigenvalue weighted by Crippen LogP contribution is -2.39. The van der Waals surface area contributed by atoms with E-state index in [4.69, 9.17) is 4.52 Å². The van der Waals surface area contributed by atoms with Crippen molar-refractivity contribution in [2.75, 3.05) is 31.6 Å². The normalized spacial score (nSPS) is 17.1. The molecule has 24 heavy (non-hydrogen) atoms. The van der Waals surface area contributed by atoms with Gasteiger partial charge in [-0.15, -0.1) is 0 Å². The van der Waals surface area contributed by atoms with Gasteiger partial charge in [-0.05, 0) is 31.4 Å². The van der Waals surface area contributed by atoms with E-state index in [0.717, 1.165) is 31.0 Å². The second kappa shape index (κ2) is 7.38. The molecule has 1 aromatic carbocycles. The molecule has 3 rings (SSSR count). The van der Waals surface area contributed by atoms with Gasteiger partial charge in [0.1, 0.15) is 11.5 Å². The van der Waals surface area contributed by atoms with E-state index in [9.17, 15) is 4.79 Å². The molecule has 2 heterocycles. The molecule has 1 saturated heterocycles. The Morgan fingerprint density at radius 1 is 1.42 bits per heavy atom. The monoisotopic (exact) mass is 328 g/mol. The number of carbonyl (C=O) groups is 1. The van der Waals surface area contributed by atoms with Crippen LogP contribution in [0.25, 0.3) is 0 Å². The summed E-state index contributed by atoms with van der Waals surface area (Å²) in [6.45, 7) is 5.01. The molecule has 0 spiro atoms. The third-order valence-electron chi connectivity index (χ3n) is 4.37. The number of urea groups is 1. The Labute approximate surface area is 142 Å². The molecule has 0 unspecified atom stereocenters. The van der Waals surface area contributed by atoms with E-state index in [-0.39, 0.29) is 6.03 Å². The minimum absolute atomic E-state index is 0.0752. The van der Waals surface area contributed by atoms with E-state index in [1.807, 2.05) is 19.1 Å². The summed E-state index contributed by atoms with van der Waals surface area (Å²) in [5, 5.41) is 6.94. The van der Waals surface area contributed by atoms with Crippen LogP contribution in [0, 0.1) is 12.8 Å². The predicted octanol–water partition coefficient (Wildman–Crippen LogP) is 2.65. The van der Waals surface area contributed by atoms with Gasteiger partial charge < -0.3 is 19.6 Å². The summed E-state index contributed by atoms with van der Waals surface area (Å²) >= 11 is 0. The Morgan fingerprint density at radius 2 is 2.21 bits per heavy atom. The van der Waals surface area contributed by atoms with Crippen molar-refractivity contribution in [3.63, 3.8) is 0 Å². The topological polar surface area (TPSA) is 61.6 Å². The number of nitrogens with zero attached hydrogens (tertiary/aromatic N) is 3. The van der Waals surface area contributed by atoms with Crippen LogP contribution in [0.4, 0.5) is 10.5 Å². The van der Waals surface area contributed by atoms with Crippen molar-refractivity contribution in [3.05, 3.63) is 47.9 Å². The average Bonchev–Trinajstić information content (AvgIpc) is 3.22. The molecular weight excluding hydrogens is 304 g/mol. The minimum Gasteiger partial charge on any atom is -0.371 e. The van der Waals surface area contributed by atoms with E-state index in [0.29, 0.717) is 19.0 Å². The highest BCUT2D eigenvalue weighted by molar-refractivity contribution is 5.73. The standard InChI is InChI=1S/C18H24N4O2/c1-14-10-16(20-24-14)13-21(2)18(23)19-11-15-8-9-22(12-15)17-6-4-3-5-7-17/h3-7,10,15H,8-9,11-13H2,1-2H3,(H,19,23)/t15-/m0/s1. The van der Waals surface area contributed by atoms with Gasteiger partial charge >= 0.3 is 6.03 Å². The predicted molar refractivity (Wildman–Crippen MR) is 92.9 cm³/mol. The molecular formula is C18H24N4O2. The number of para-hydroxylation sites is 1. The maximum atomic E-state index is 12.2. The number of aryl methyl sites for hydroxylation is 1. The van der Waals surface area contributed by atoms with Gasteiger partial charge in [0.15, 0.2) is 0 Å². The first-order chi connectivity index (χ1) is 11.6. The SMILES string of the molecule is Cc1cc(CN(C)C(=O)NC[C@@H]2CCN(c3ccccc3)C2)no1. The average molecular weight is 328 g/mol. The molecule has 1 aliphatic rings. The molecule has 1 atom stereocenters. The van der Waals surface area contributed by atoms with Gasteiger partial charge in [0.2, 0.25) is 0 Å². The number of hydrogen-bond donors (Lipinski definition) is 1. The van der Waals surface area contributed by atoms with Crippen LogP contribution < -0.4 is 10.2 Å². The van der Waals surface area contributed by atoms with E-state index in [2.05, 4.69) is 39.6 Å². The van der Waals surface area contributed by atoms with Gasteiger partial charge in [-0.2, -0.15) is 0 Å². The molecule has 6 heteroatoms. The summed E-state index contributed by atoms with van der Waals surface area (Å²) in [6, 6.07) is 12.2. The van der Waals surface area contributed by atoms with Crippen molar-refractivity contribution in [2.24, 2.45) is 5.92 Å². The Bertz CT molecular complexity index is 671. The first-order valence-corrected chi connectivity index (χ1v) is 8.33. The van der Waals surface area contributed by atoms with Crippen LogP contribution in [0.1, 0.15) is 17.9 Å². The lowest BCUT2D eigenvalue weighted by molar-refractivity contribution is 0.204. The second-order valence-corrected chi connectivity index (χ2v) is 6.41. The van der Waals surface area contributed by atoms with Crippen LogP contribution >= 0.6 is 0 Å². The first kappa shape index (κ1) is 16.4. The fraction of sp³-hybridized carbons (Fsp3) is 0.444. The van der Waals surface area contributed by atoms with Crippen molar-refractivity contribution in [2.45, 2.75) is 19.9 Å². The van der Waals surface area contributed by atoms with Gasteiger partial charge in [-0.1, -0.05) is 23.4 Å². The minimum atomic E-state index is -0.0752. The summed E-state index contributed by atoms with van der Waals surface area (Å²) in [7, 11) is 1.77. The molecule has 0 saturated carbocycles. The zero-order valence-corrected chi connectivity index (χ0v) is 14.2. The summed E-state index contributed by atoms with van der Waals surface area (Å²) < 4.78 is 5.03. The molecule has 6 nitrogen and oxygen atoms in total. The van der Waals surface area contributed by atoms with E-state index in [1.54, 1.807) is 11.9 Å². The summed E-state index contributed by atoms with van der Waals surface area (Å²) in [5.41, 5.74) is 2.02. The molecule has 0 bridgehead atoms. The Balaban J connectivity index is 1.43. The van der Waals surface area contributed by atoms with E-state index < -0.39 is 0 Å². The van der Waals surface area contributed by atoms with Gasteiger partial charge in [0.25, 0.3) is 0 Å². The fourth-order valence-electron chi connectivity index (χ4n) is 3.05. The molecule has 2 amide bonds. The number of amides is 2. The molecule has 2 aromatic rings. The molecule has 1 aromatic heterocycles. The highest BCUT2D eigenvalue weighted by Gasteiger charge is 2.23. The third kappa shape index (κ3) is 4.07. The van der Waals surface area contributed by atoms with Crippen LogP contribution in [0.3, 0.4) is 0 Å². The highest BCUT2D eigenvalue weighted by Crippen LogP contribution is 2.22. The quantitative estimate of drug-likeness (QED) is 0.916. The number of nitrogens with one attached hydrogen (secondary N) is 1. The smallest absolute Gasteiger partial charge is 0.317 e. The fourth-order valence-corrected chi connectivity index (χ4v) is 3.05. The van der Waals surface area contributed by atoms with Crippen molar-refractivity contribution in [1.29, 1.82) is 0 Å². The number of benzene rings is 1. The lowest BCUT2D eigenvalue weighted by atomic mass is 10.1. The van der Waals surface area contributed by atoms with Crippen LogP contribution in [0.5, 0.6) is 0 Å². The van der Waals surface area contributed by atoms with Crippen molar-refractivity contribution in [3.8, 4) is 0 Å². The molecule has 1 aliphatic heterocycles. The van der Waals surface area contributed by atoms with Crippen molar-refractivity contribution in [1.82, 2.24) is 15.4 Å². The summed E-state index contributed by atoms with van der Waals surface area (Å²) in [5.74, 6) is 1.24. The maximum Gasteiger partial charge on any atom is 0.317 e. The largest absolute Gasteiger partial charge is 0.371 e. The van der Waals surface area contributed by atoms with Gasteiger partial charge in [0.05, 0.1) is 6.54 Å². The number of anilines is 1. The van der Waals surface area contributed by atoms with Crippen LogP contribution in [0.15, 0.2) is 40.9 Å². The van der Waals surface area contributed by atoms with Gasteiger partial charge in [-0.25, -0.2) is 4.79 Å². The van der Waals surface area contributed by atoms with Crippen LogP contribution in [0.2, 0.25) is 0 Å². The lowest BCUT2D eigenvalue weighted by Gasteiger charge is -2.20. The highest BCUT2D eigenvalue weighted by atomic mass is 16.5. The molecule has 1 fully saturated rings. The van der Waals surface area contributed by atoms with E-state index >= 15 is 0 Å². The molecule has 1 N–H and O–H groups in total. The molecule has 128 valence electrons. The van der Waals surface area contributed by atoms with Crippen molar-refractivity contribution < 1.29 is 9.32 Å². The molecule has 0 aliphatic carbocycles. The Kier molecular flexibility index (Phi) is 5.03. The Morgan fingerprint density at radius 3 is 2.92 bits per heavy atom. The summed E-state index contributed by atoms with van der Waals surface area (Å²) in [4.78, 5) is 16.2. The van der Waals surface area contributed by atoms with Crippen LogP contribution in [-0.2, 0) is 6.54 Å². The summed E-state index contributed by atoms with van der Waals surface area (Å²) in [6.07, 6.45) is 1.10. The maximum absolute atomic E-state index is 12.2. The van der Waals surface area contributed by atoms with Crippen molar-refractivity contribution >= 4 is 11.7 Å². The number of aromatic nitrogens is 1. The zero-order chi connectivity index (χ0) is 16.9.